The van der Waals surface area contributed by atoms with Gasteiger partial charge in [0.1, 0.15) is 11.3 Å². The topological polar surface area (TPSA) is 71.6 Å². The normalized spacial score (nSPS) is 17.7. The molecule has 7 heteroatoms. The fourth-order valence-corrected chi connectivity index (χ4v) is 4.12. The van der Waals surface area contributed by atoms with Crippen molar-refractivity contribution in [2.75, 3.05) is 13.6 Å². The minimum Gasteiger partial charge on any atom is -0.354 e. The van der Waals surface area contributed by atoms with Crippen LogP contribution in [0.3, 0.4) is 0 Å². The van der Waals surface area contributed by atoms with Crippen molar-refractivity contribution in [2.24, 2.45) is 7.05 Å². The van der Waals surface area contributed by atoms with Crippen molar-refractivity contribution >= 4 is 11.6 Å². The van der Waals surface area contributed by atoms with Crippen LogP contribution in [0.25, 0.3) is 5.65 Å². The standard InChI is InChI=1S/C21H25N5O2/c1-22-21(28)18-10-9-16(24(18)2)17-7-3-5-11-25(17)14-15-13-20(27)26-12-6-4-8-19(26)23-15/h4,6,8-10,12-13,17H,3,5,7,11,14H2,1-2H3,(H,22,28). The van der Waals surface area contributed by atoms with Crippen LogP contribution in [-0.2, 0) is 13.6 Å². The lowest BCUT2D eigenvalue weighted by Crippen LogP contribution is -2.35. The minimum atomic E-state index is -0.0830. The van der Waals surface area contributed by atoms with Gasteiger partial charge in [-0.05, 0) is 43.7 Å². The largest absolute Gasteiger partial charge is 0.354 e. The van der Waals surface area contributed by atoms with Gasteiger partial charge < -0.3 is 9.88 Å². The highest BCUT2D eigenvalue weighted by molar-refractivity contribution is 5.92. The summed E-state index contributed by atoms with van der Waals surface area (Å²) in [6.45, 7) is 1.56. The molecule has 0 bridgehead atoms. The molecule has 1 aliphatic heterocycles. The van der Waals surface area contributed by atoms with Crippen LogP contribution >= 0.6 is 0 Å². The zero-order valence-corrected chi connectivity index (χ0v) is 16.3. The highest BCUT2D eigenvalue weighted by Crippen LogP contribution is 2.32. The minimum absolute atomic E-state index is 0.0603. The molecule has 1 atom stereocenters. The maximum absolute atomic E-state index is 12.4. The molecule has 1 aliphatic rings. The van der Waals surface area contributed by atoms with E-state index < -0.39 is 0 Å². The Kier molecular flexibility index (Phi) is 5.00. The number of rotatable bonds is 4. The van der Waals surface area contributed by atoms with E-state index in [1.807, 2.05) is 41.9 Å². The number of likely N-dealkylation sites (tertiary alicyclic amines) is 1. The highest BCUT2D eigenvalue weighted by Gasteiger charge is 2.27. The Balaban J connectivity index is 1.64. The third kappa shape index (κ3) is 3.33. The van der Waals surface area contributed by atoms with Crippen LogP contribution in [0.4, 0.5) is 0 Å². The Morgan fingerprint density at radius 1 is 1.25 bits per heavy atom. The molecule has 1 unspecified atom stereocenters. The fourth-order valence-electron chi connectivity index (χ4n) is 4.12. The molecule has 7 nitrogen and oxygen atoms in total. The van der Waals surface area contributed by atoms with Crippen LogP contribution in [0.15, 0.2) is 47.4 Å². The van der Waals surface area contributed by atoms with E-state index in [1.54, 1.807) is 23.7 Å². The summed E-state index contributed by atoms with van der Waals surface area (Å²) >= 11 is 0. The smallest absolute Gasteiger partial charge is 0.267 e. The SMILES string of the molecule is CNC(=O)c1ccc(C2CCCCN2Cc2cc(=O)n3ccccc3n2)n1C. The van der Waals surface area contributed by atoms with Gasteiger partial charge in [0.2, 0.25) is 0 Å². The molecule has 3 aromatic rings. The molecular weight excluding hydrogens is 354 g/mol. The summed E-state index contributed by atoms with van der Waals surface area (Å²) in [6, 6.07) is 11.3. The number of hydrogen-bond donors (Lipinski definition) is 1. The maximum atomic E-state index is 12.4. The number of aromatic nitrogens is 3. The van der Waals surface area contributed by atoms with Gasteiger partial charge in [0.15, 0.2) is 0 Å². The van der Waals surface area contributed by atoms with Crippen LogP contribution in [-0.4, -0.2) is 38.4 Å². The fraction of sp³-hybridized carbons (Fsp3) is 0.381. The second-order valence-corrected chi connectivity index (χ2v) is 7.28. The zero-order chi connectivity index (χ0) is 19.7. The lowest BCUT2D eigenvalue weighted by molar-refractivity contribution is 0.0952. The van der Waals surface area contributed by atoms with E-state index in [1.165, 1.54) is 0 Å². The molecule has 1 fully saturated rings. The molecule has 4 rings (SSSR count). The van der Waals surface area contributed by atoms with Gasteiger partial charge in [0.05, 0.1) is 11.7 Å². The van der Waals surface area contributed by atoms with Gasteiger partial charge in [-0.25, -0.2) is 4.98 Å². The molecule has 1 amide bonds. The Hall–Kier alpha value is -2.93. The Bertz CT molecular complexity index is 1070. The summed E-state index contributed by atoms with van der Waals surface area (Å²) in [4.78, 5) is 31.5. The van der Waals surface area contributed by atoms with Gasteiger partial charge in [-0.1, -0.05) is 12.5 Å². The lowest BCUT2D eigenvalue weighted by Gasteiger charge is -2.36. The molecule has 0 saturated carbocycles. The van der Waals surface area contributed by atoms with Crippen molar-refractivity contribution in [1.82, 2.24) is 24.2 Å². The molecule has 0 spiro atoms. The number of fused-ring (bicyclic) bond motifs is 1. The second-order valence-electron chi connectivity index (χ2n) is 7.28. The monoisotopic (exact) mass is 379 g/mol. The second kappa shape index (κ2) is 7.59. The van der Waals surface area contributed by atoms with Crippen LogP contribution in [0.1, 0.15) is 47.2 Å². The van der Waals surface area contributed by atoms with E-state index in [2.05, 4.69) is 15.2 Å². The summed E-state index contributed by atoms with van der Waals surface area (Å²) in [6.07, 6.45) is 5.03. The van der Waals surface area contributed by atoms with Crippen molar-refractivity contribution in [1.29, 1.82) is 0 Å². The molecule has 0 aliphatic carbocycles. The van der Waals surface area contributed by atoms with Crippen LogP contribution in [0.5, 0.6) is 0 Å². The molecule has 0 radical (unpaired) electrons. The van der Waals surface area contributed by atoms with Gasteiger partial charge >= 0.3 is 0 Å². The Labute approximate surface area is 163 Å². The number of carbonyl (C=O) groups excluding carboxylic acids is 1. The van der Waals surface area contributed by atoms with E-state index in [4.69, 9.17) is 0 Å². The van der Waals surface area contributed by atoms with Crippen molar-refractivity contribution in [2.45, 2.75) is 31.8 Å². The summed E-state index contributed by atoms with van der Waals surface area (Å²) in [5.74, 6) is -0.0830. The first-order valence-corrected chi connectivity index (χ1v) is 9.67. The van der Waals surface area contributed by atoms with Crippen LogP contribution < -0.4 is 10.9 Å². The summed E-state index contributed by atoms with van der Waals surface area (Å²) in [5.41, 5.74) is 3.17. The van der Waals surface area contributed by atoms with Crippen LogP contribution in [0, 0.1) is 0 Å². The van der Waals surface area contributed by atoms with Crippen molar-refractivity contribution in [3.05, 3.63) is 70.0 Å². The molecule has 0 aromatic carbocycles. The lowest BCUT2D eigenvalue weighted by atomic mass is 9.99. The summed E-state index contributed by atoms with van der Waals surface area (Å²) in [5, 5.41) is 2.69. The quantitative estimate of drug-likeness (QED) is 0.754. The molecule has 1 N–H and O–H groups in total. The maximum Gasteiger partial charge on any atom is 0.267 e. The zero-order valence-electron chi connectivity index (χ0n) is 16.3. The first kappa shape index (κ1) is 18.4. The average Bonchev–Trinajstić information content (AvgIpc) is 3.09. The number of nitrogens with one attached hydrogen (secondary N) is 1. The van der Waals surface area contributed by atoms with Gasteiger partial charge in [0.25, 0.3) is 11.5 Å². The van der Waals surface area contributed by atoms with Gasteiger partial charge in [-0.2, -0.15) is 0 Å². The third-order valence-electron chi connectivity index (χ3n) is 5.56. The molecule has 1 saturated heterocycles. The van der Waals surface area contributed by atoms with E-state index in [0.717, 1.165) is 37.2 Å². The Morgan fingerprint density at radius 3 is 2.93 bits per heavy atom. The Morgan fingerprint density at radius 2 is 2.11 bits per heavy atom. The number of hydrogen-bond acceptors (Lipinski definition) is 4. The van der Waals surface area contributed by atoms with Gasteiger partial charge in [-0.3, -0.25) is 18.9 Å². The molecule has 4 heterocycles. The van der Waals surface area contributed by atoms with Gasteiger partial charge in [0, 0.05) is 38.6 Å². The summed E-state index contributed by atoms with van der Waals surface area (Å²) in [7, 11) is 3.58. The average molecular weight is 379 g/mol. The third-order valence-corrected chi connectivity index (χ3v) is 5.56. The molecular formula is C21H25N5O2. The number of pyridine rings is 1. The molecule has 146 valence electrons. The van der Waals surface area contributed by atoms with Gasteiger partial charge in [-0.15, -0.1) is 0 Å². The first-order chi connectivity index (χ1) is 13.6. The molecule has 3 aromatic heterocycles. The first-order valence-electron chi connectivity index (χ1n) is 9.67. The number of piperidine rings is 1. The predicted molar refractivity (Wildman–Crippen MR) is 107 cm³/mol. The number of carbonyl (C=O) groups is 1. The predicted octanol–water partition coefficient (Wildman–Crippen LogP) is 2.12. The van der Waals surface area contributed by atoms with Crippen LogP contribution in [0.2, 0.25) is 0 Å². The van der Waals surface area contributed by atoms with Crippen molar-refractivity contribution < 1.29 is 4.79 Å². The van der Waals surface area contributed by atoms with E-state index in [0.29, 0.717) is 17.9 Å². The van der Waals surface area contributed by atoms with Crippen molar-refractivity contribution in [3.63, 3.8) is 0 Å². The van der Waals surface area contributed by atoms with E-state index >= 15 is 0 Å². The molecule has 28 heavy (non-hydrogen) atoms. The van der Waals surface area contributed by atoms with E-state index in [-0.39, 0.29) is 17.5 Å². The highest BCUT2D eigenvalue weighted by atomic mass is 16.2. The van der Waals surface area contributed by atoms with E-state index in [9.17, 15) is 9.59 Å². The summed E-state index contributed by atoms with van der Waals surface area (Å²) < 4.78 is 3.54. The number of amides is 1. The number of nitrogens with zero attached hydrogens (tertiary/aromatic N) is 4. The van der Waals surface area contributed by atoms with Crippen molar-refractivity contribution in [3.8, 4) is 0 Å².